The van der Waals surface area contributed by atoms with Crippen molar-refractivity contribution in [2.24, 2.45) is 0 Å². The molecule has 7 nitrogen and oxygen atoms in total. The Kier molecular flexibility index (Phi) is 4.51. The number of hydrogen-bond donors (Lipinski definition) is 1. The van der Waals surface area contributed by atoms with Gasteiger partial charge in [0.2, 0.25) is 5.91 Å². The second-order valence-electron chi connectivity index (χ2n) is 6.53. The Morgan fingerprint density at radius 3 is 3.04 bits per heavy atom. The summed E-state index contributed by atoms with van der Waals surface area (Å²) in [4.78, 5) is 23.4. The molecule has 134 valence electrons. The minimum atomic E-state index is 0.120. The topological polar surface area (TPSA) is 84.0 Å². The number of aromatic amines is 1. The third kappa shape index (κ3) is 3.12. The molecule has 0 unspecified atom stereocenters. The number of amides is 1. The summed E-state index contributed by atoms with van der Waals surface area (Å²) in [6.07, 6.45) is 5.63. The van der Waals surface area contributed by atoms with Crippen LogP contribution < -0.4 is 4.74 Å². The summed E-state index contributed by atoms with van der Waals surface area (Å²) in [7, 11) is 1.63. The van der Waals surface area contributed by atoms with Gasteiger partial charge in [-0.25, -0.2) is 9.97 Å². The Labute approximate surface area is 151 Å². The Balaban J connectivity index is 1.50. The van der Waals surface area contributed by atoms with E-state index in [-0.39, 0.29) is 11.8 Å². The number of nitrogens with one attached hydrogen (secondary N) is 1. The van der Waals surface area contributed by atoms with Gasteiger partial charge in [-0.15, -0.1) is 0 Å². The number of carbonyl (C=O) groups excluding carboxylic acids is 1. The molecule has 1 aliphatic rings. The molecule has 1 amide bonds. The fourth-order valence-corrected chi connectivity index (χ4v) is 3.62. The lowest BCUT2D eigenvalue weighted by Gasteiger charge is -2.32. The number of rotatable bonds is 4. The van der Waals surface area contributed by atoms with E-state index in [4.69, 9.17) is 4.74 Å². The van der Waals surface area contributed by atoms with Gasteiger partial charge < -0.3 is 9.64 Å². The SMILES string of the molecule is COc1ccccc1CC(=O)N1CCC[C@@H](c2[nH]nc3nccnc23)C1. The number of carbonyl (C=O) groups is 1. The van der Waals surface area contributed by atoms with E-state index in [2.05, 4.69) is 20.2 Å². The molecule has 7 heteroatoms. The molecule has 1 fully saturated rings. The number of methoxy groups -OCH3 is 1. The second kappa shape index (κ2) is 7.11. The summed E-state index contributed by atoms with van der Waals surface area (Å²) < 4.78 is 5.36. The fraction of sp³-hybridized carbons (Fsp3) is 0.368. The molecular formula is C19H21N5O2. The van der Waals surface area contributed by atoms with Gasteiger partial charge in [0.1, 0.15) is 11.3 Å². The molecule has 2 aromatic heterocycles. The molecule has 0 saturated carbocycles. The number of nitrogens with zero attached hydrogens (tertiary/aromatic N) is 4. The lowest BCUT2D eigenvalue weighted by molar-refractivity contribution is -0.131. The van der Waals surface area contributed by atoms with Gasteiger partial charge in [-0.05, 0) is 18.9 Å². The number of aromatic nitrogens is 4. The summed E-state index contributed by atoms with van der Waals surface area (Å²) in [6, 6.07) is 7.67. The Morgan fingerprint density at radius 2 is 2.15 bits per heavy atom. The lowest BCUT2D eigenvalue weighted by atomic mass is 9.94. The molecule has 1 aliphatic heterocycles. The first-order valence-corrected chi connectivity index (χ1v) is 8.81. The summed E-state index contributed by atoms with van der Waals surface area (Å²) in [5, 5.41) is 7.31. The molecule has 3 aromatic rings. The van der Waals surface area contributed by atoms with Gasteiger partial charge in [-0.1, -0.05) is 18.2 Å². The molecular weight excluding hydrogens is 330 g/mol. The molecule has 26 heavy (non-hydrogen) atoms. The van der Waals surface area contributed by atoms with Crippen LogP contribution in [0.3, 0.4) is 0 Å². The first-order chi connectivity index (χ1) is 12.8. The Hall–Kier alpha value is -2.96. The van der Waals surface area contributed by atoms with Crippen LogP contribution in [0.25, 0.3) is 11.2 Å². The van der Waals surface area contributed by atoms with Crippen molar-refractivity contribution in [3.05, 3.63) is 47.9 Å². The zero-order valence-corrected chi connectivity index (χ0v) is 14.7. The normalized spacial score (nSPS) is 17.4. The number of hydrogen-bond acceptors (Lipinski definition) is 5. The summed E-state index contributed by atoms with van der Waals surface area (Å²) in [5.41, 5.74) is 3.32. The number of fused-ring (bicyclic) bond motifs is 1. The first-order valence-electron chi connectivity index (χ1n) is 8.81. The highest BCUT2D eigenvalue weighted by atomic mass is 16.5. The van der Waals surface area contributed by atoms with Crippen LogP contribution >= 0.6 is 0 Å². The second-order valence-corrected chi connectivity index (χ2v) is 6.53. The van der Waals surface area contributed by atoms with Gasteiger partial charge in [0.25, 0.3) is 0 Å². The zero-order valence-electron chi connectivity index (χ0n) is 14.7. The molecule has 1 aromatic carbocycles. The number of benzene rings is 1. The maximum Gasteiger partial charge on any atom is 0.227 e. The van der Waals surface area contributed by atoms with Crippen molar-refractivity contribution in [2.75, 3.05) is 20.2 Å². The third-order valence-electron chi connectivity index (χ3n) is 4.93. The van der Waals surface area contributed by atoms with Crippen molar-refractivity contribution < 1.29 is 9.53 Å². The van der Waals surface area contributed by atoms with Gasteiger partial charge in [-0.3, -0.25) is 9.89 Å². The highest BCUT2D eigenvalue weighted by Crippen LogP contribution is 2.29. The molecule has 0 spiro atoms. The molecule has 0 radical (unpaired) electrons. The van der Waals surface area contributed by atoms with E-state index in [0.717, 1.165) is 41.9 Å². The molecule has 4 rings (SSSR count). The standard InChI is InChI=1S/C19H21N5O2/c1-26-15-7-3-2-5-13(15)11-16(25)24-10-4-6-14(12-24)17-18-19(23-22-17)21-9-8-20-18/h2-3,5,7-9,14H,4,6,10-12H2,1H3,(H,21,22,23)/t14-/m1/s1. The van der Waals surface area contributed by atoms with Crippen LogP contribution in [0.5, 0.6) is 5.75 Å². The van der Waals surface area contributed by atoms with Crippen molar-refractivity contribution in [1.82, 2.24) is 25.1 Å². The predicted octanol–water partition coefficient (Wildman–Crippen LogP) is 2.31. The van der Waals surface area contributed by atoms with Crippen molar-refractivity contribution >= 4 is 17.1 Å². The predicted molar refractivity (Wildman–Crippen MR) is 96.9 cm³/mol. The van der Waals surface area contributed by atoms with E-state index >= 15 is 0 Å². The van der Waals surface area contributed by atoms with Gasteiger partial charge in [0.05, 0.1) is 19.2 Å². The Morgan fingerprint density at radius 1 is 1.31 bits per heavy atom. The van der Waals surface area contributed by atoms with Crippen molar-refractivity contribution in [2.45, 2.75) is 25.2 Å². The van der Waals surface area contributed by atoms with E-state index in [1.54, 1.807) is 19.5 Å². The van der Waals surface area contributed by atoms with Crippen molar-refractivity contribution in [1.29, 1.82) is 0 Å². The molecule has 0 aliphatic carbocycles. The van der Waals surface area contributed by atoms with E-state index in [1.165, 1.54) is 0 Å². The quantitative estimate of drug-likeness (QED) is 0.780. The third-order valence-corrected chi connectivity index (χ3v) is 4.93. The van der Waals surface area contributed by atoms with E-state index in [1.807, 2.05) is 29.2 Å². The number of H-pyrrole nitrogens is 1. The Bertz CT molecular complexity index is 923. The first kappa shape index (κ1) is 16.5. The van der Waals surface area contributed by atoms with Crippen LogP contribution in [0.15, 0.2) is 36.7 Å². The maximum absolute atomic E-state index is 12.8. The van der Waals surface area contributed by atoms with Crippen molar-refractivity contribution in [3.63, 3.8) is 0 Å². The average Bonchev–Trinajstić information content (AvgIpc) is 3.12. The number of piperidine rings is 1. The van der Waals surface area contributed by atoms with Crippen LogP contribution in [-0.2, 0) is 11.2 Å². The molecule has 0 bridgehead atoms. The number of ether oxygens (including phenoxy) is 1. The molecule has 1 N–H and O–H groups in total. The highest BCUT2D eigenvalue weighted by Gasteiger charge is 2.28. The van der Waals surface area contributed by atoms with E-state index < -0.39 is 0 Å². The summed E-state index contributed by atoms with van der Waals surface area (Å²) >= 11 is 0. The van der Waals surface area contributed by atoms with Crippen LogP contribution in [-0.4, -0.2) is 51.2 Å². The minimum absolute atomic E-state index is 0.120. The lowest BCUT2D eigenvalue weighted by Crippen LogP contribution is -2.40. The van der Waals surface area contributed by atoms with Gasteiger partial charge in [-0.2, -0.15) is 5.10 Å². The zero-order chi connectivity index (χ0) is 17.9. The van der Waals surface area contributed by atoms with E-state index in [9.17, 15) is 4.79 Å². The highest BCUT2D eigenvalue weighted by molar-refractivity contribution is 5.80. The van der Waals surface area contributed by atoms with Crippen LogP contribution in [0.4, 0.5) is 0 Å². The fourth-order valence-electron chi connectivity index (χ4n) is 3.62. The monoisotopic (exact) mass is 351 g/mol. The van der Waals surface area contributed by atoms with Crippen molar-refractivity contribution in [3.8, 4) is 5.75 Å². The number of likely N-dealkylation sites (tertiary alicyclic amines) is 1. The number of para-hydroxylation sites is 1. The average molecular weight is 351 g/mol. The van der Waals surface area contributed by atoms with Gasteiger partial charge in [0.15, 0.2) is 5.65 Å². The maximum atomic E-state index is 12.8. The van der Waals surface area contributed by atoms with Crippen LogP contribution in [0.1, 0.15) is 30.0 Å². The van der Waals surface area contributed by atoms with Crippen LogP contribution in [0.2, 0.25) is 0 Å². The van der Waals surface area contributed by atoms with Crippen LogP contribution in [0, 0.1) is 0 Å². The smallest absolute Gasteiger partial charge is 0.227 e. The summed E-state index contributed by atoms with van der Waals surface area (Å²) in [6.45, 7) is 1.45. The molecule has 3 heterocycles. The molecule has 1 saturated heterocycles. The van der Waals surface area contributed by atoms with E-state index in [0.29, 0.717) is 18.6 Å². The van der Waals surface area contributed by atoms with Gasteiger partial charge in [0, 0.05) is 37.0 Å². The summed E-state index contributed by atoms with van der Waals surface area (Å²) in [5.74, 6) is 1.07. The largest absolute Gasteiger partial charge is 0.496 e. The molecule has 1 atom stereocenters. The minimum Gasteiger partial charge on any atom is -0.496 e. The van der Waals surface area contributed by atoms with Gasteiger partial charge >= 0.3 is 0 Å².